The van der Waals surface area contributed by atoms with Crippen molar-refractivity contribution in [3.63, 3.8) is 0 Å². The summed E-state index contributed by atoms with van der Waals surface area (Å²) < 4.78 is 0. The zero-order chi connectivity index (χ0) is 9.26. The van der Waals surface area contributed by atoms with Gasteiger partial charge in [0.15, 0.2) is 0 Å². The first kappa shape index (κ1) is 8.81. The molecule has 1 atom stereocenters. The first-order valence-corrected chi connectivity index (χ1v) is 5.08. The molecule has 2 rings (SSSR count). The van der Waals surface area contributed by atoms with Crippen molar-refractivity contribution in [1.82, 2.24) is 9.80 Å². The molecule has 2 fully saturated rings. The fourth-order valence-corrected chi connectivity index (χ4v) is 2.26. The summed E-state index contributed by atoms with van der Waals surface area (Å²) in [4.78, 5) is 15.7. The summed E-state index contributed by atoms with van der Waals surface area (Å²) in [5.41, 5.74) is 5.42. The maximum atomic E-state index is 11.7. The fourth-order valence-electron chi connectivity index (χ4n) is 2.26. The number of nitrogens with zero attached hydrogens (tertiary/aromatic N) is 2. The predicted octanol–water partition coefficient (Wildman–Crippen LogP) is 0.235. The van der Waals surface area contributed by atoms with Crippen LogP contribution in [0.25, 0.3) is 0 Å². The van der Waals surface area contributed by atoms with E-state index >= 15 is 0 Å². The van der Waals surface area contributed by atoms with Crippen molar-refractivity contribution in [2.45, 2.75) is 25.3 Å². The standard InChI is InChI=1S/C9H17N3O/c10-4-2-5-11-7-8-3-1-6-12(8)9(11)13/h8H,1-7,10H2/t8-/m0/s1. The molecule has 0 aromatic carbocycles. The molecule has 2 aliphatic heterocycles. The Morgan fingerprint density at radius 1 is 1.54 bits per heavy atom. The van der Waals surface area contributed by atoms with Crippen LogP contribution >= 0.6 is 0 Å². The number of nitrogens with two attached hydrogens (primary N) is 1. The van der Waals surface area contributed by atoms with Crippen molar-refractivity contribution < 1.29 is 4.79 Å². The molecule has 0 bridgehead atoms. The van der Waals surface area contributed by atoms with Gasteiger partial charge < -0.3 is 15.5 Å². The van der Waals surface area contributed by atoms with Crippen LogP contribution in [-0.2, 0) is 0 Å². The number of fused-ring (bicyclic) bond motifs is 1. The average Bonchev–Trinajstić information content (AvgIpc) is 2.67. The van der Waals surface area contributed by atoms with Crippen LogP contribution in [0.3, 0.4) is 0 Å². The Morgan fingerprint density at radius 3 is 3.08 bits per heavy atom. The second-order valence-electron chi connectivity index (χ2n) is 3.86. The molecule has 4 heteroatoms. The molecule has 2 amide bonds. The van der Waals surface area contributed by atoms with E-state index in [4.69, 9.17) is 5.73 Å². The van der Waals surface area contributed by atoms with E-state index in [1.807, 2.05) is 9.80 Å². The highest BCUT2D eigenvalue weighted by atomic mass is 16.2. The molecule has 2 aliphatic rings. The maximum absolute atomic E-state index is 11.7. The van der Waals surface area contributed by atoms with Gasteiger partial charge in [-0.05, 0) is 25.8 Å². The van der Waals surface area contributed by atoms with E-state index in [0.29, 0.717) is 12.6 Å². The molecule has 0 spiro atoms. The minimum Gasteiger partial charge on any atom is -0.330 e. The van der Waals surface area contributed by atoms with Crippen LogP contribution < -0.4 is 5.73 Å². The topological polar surface area (TPSA) is 49.6 Å². The average molecular weight is 183 g/mol. The van der Waals surface area contributed by atoms with E-state index < -0.39 is 0 Å². The van der Waals surface area contributed by atoms with E-state index in [1.165, 1.54) is 12.8 Å². The quantitative estimate of drug-likeness (QED) is 0.681. The Kier molecular flexibility index (Phi) is 2.40. The highest BCUT2D eigenvalue weighted by Gasteiger charge is 2.39. The molecule has 2 heterocycles. The molecule has 13 heavy (non-hydrogen) atoms. The van der Waals surface area contributed by atoms with Crippen LogP contribution in [0, 0.1) is 0 Å². The summed E-state index contributed by atoms with van der Waals surface area (Å²) in [6.07, 6.45) is 3.29. The molecular weight excluding hydrogens is 166 g/mol. The van der Waals surface area contributed by atoms with Crippen molar-refractivity contribution in [2.24, 2.45) is 5.73 Å². The van der Waals surface area contributed by atoms with E-state index in [-0.39, 0.29) is 6.03 Å². The van der Waals surface area contributed by atoms with Gasteiger partial charge >= 0.3 is 6.03 Å². The largest absolute Gasteiger partial charge is 0.330 e. The monoisotopic (exact) mass is 183 g/mol. The zero-order valence-corrected chi connectivity index (χ0v) is 7.91. The van der Waals surface area contributed by atoms with Crippen molar-refractivity contribution in [1.29, 1.82) is 0 Å². The van der Waals surface area contributed by atoms with Gasteiger partial charge in [0.25, 0.3) is 0 Å². The Bertz CT molecular complexity index is 207. The molecule has 74 valence electrons. The first-order valence-electron chi connectivity index (χ1n) is 5.08. The number of urea groups is 1. The predicted molar refractivity (Wildman–Crippen MR) is 50.4 cm³/mol. The van der Waals surface area contributed by atoms with Gasteiger partial charge in [-0.1, -0.05) is 0 Å². The Morgan fingerprint density at radius 2 is 2.38 bits per heavy atom. The molecule has 0 saturated carbocycles. The normalized spacial score (nSPS) is 27.2. The number of hydrogen-bond acceptors (Lipinski definition) is 2. The van der Waals surface area contributed by atoms with Gasteiger partial charge in [0.05, 0.1) is 6.04 Å². The fraction of sp³-hybridized carbons (Fsp3) is 0.889. The summed E-state index contributed by atoms with van der Waals surface area (Å²) in [6.45, 7) is 3.40. The lowest BCUT2D eigenvalue weighted by Crippen LogP contribution is -2.33. The molecule has 4 nitrogen and oxygen atoms in total. The summed E-state index contributed by atoms with van der Waals surface area (Å²) in [7, 11) is 0. The SMILES string of the molecule is NCCCN1C[C@@H]2CCCN2C1=O. The third-order valence-electron chi connectivity index (χ3n) is 2.96. The van der Waals surface area contributed by atoms with E-state index in [9.17, 15) is 4.79 Å². The van der Waals surface area contributed by atoms with Gasteiger partial charge in [-0.2, -0.15) is 0 Å². The molecule has 2 saturated heterocycles. The maximum Gasteiger partial charge on any atom is 0.320 e. The summed E-state index contributed by atoms with van der Waals surface area (Å²) in [5.74, 6) is 0. The lowest BCUT2D eigenvalue weighted by Gasteiger charge is -2.16. The molecule has 0 aromatic heterocycles. The number of carbonyl (C=O) groups is 1. The van der Waals surface area contributed by atoms with Gasteiger partial charge in [-0.15, -0.1) is 0 Å². The summed E-state index contributed by atoms with van der Waals surface area (Å²) in [5, 5.41) is 0. The van der Waals surface area contributed by atoms with Crippen LogP contribution in [0.2, 0.25) is 0 Å². The minimum atomic E-state index is 0.232. The highest BCUT2D eigenvalue weighted by molar-refractivity contribution is 5.77. The van der Waals surface area contributed by atoms with Gasteiger partial charge in [0.2, 0.25) is 0 Å². The molecule has 0 unspecified atom stereocenters. The Labute approximate surface area is 78.7 Å². The number of hydrogen-bond donors (Lipinski definition) is 1. The zero-order valence-electron chi connectivity index (χ0n) is 7.91. The summed E-state index contributed by atoms with van der Waals surface area (Å²) >= 11 is 0. The summed E-state index contributed by atoms with van der Waals surface area (Å²) in [6, 6.07) is 0.737. The lowest BCUT2D eigenvalue weighted by atomic mass is 10.2. The third kappa shape index (κ3) is 1.50. The Hall–Kier alpha value is -0.770. The number of carbonyl (C=O) groups excluding carboxylic acids is 1. The van der Waals surface area contributed by atoms with E-state index in [1.54, 1.807) is 0 Å². The highest BCUT2D eigenvalue weighted by Crippen LogP contribution is 2.25. The van der Waals surface area contributed by atoms with Crippen LogP contribution in [0.4, 0.5) is 4.79 Å². The van der Waals surface area contributed by atoms with E-state index in [0.717, 1.165) is 26.1 Å². The van der Waals surface area contributed by atoms with E-state index in [2.05, 4.69) is 0 Å². The van der Waals surface area contributed by atoms with Crippen LogP contribution in [0.1, 0.15) is 19.3 Å². The second-order valence-corrected chi connectivity index (χ2v) is 3.86. The van der Waals surface area contributed by atoms with Crippen molar-refractivity contribution in [2.75, 3.05) is 26.2 Å². The molecule has 0 aromatic rings. The number of amides is 2. The molecule has 0 radical (unpaired) electrons. The van der Waals surface area contributed by atoms with Crippen LogP contribution in [0.5, 0.6) is 0 Å². The van der Waals surface area contributed by atoms with Gasteiger partial charge in [0, 0.05) is 19.6 Å². The third-order valence-corrected chi connectivity index (χ3v) is 2.96. The molecule has 2 N–H and O–H groups in total. The van der Waals surface area contributed by atoms with Crippen molar-refractivity contribution in [3.8, 4) is 0 Å². The smallest absolute Gasteiger partial charge is 0.320 e. The number of rotatable bonds is 3. The first-order chi connectivity index (χ1) is 6.33. The molecule has 0 aliphatic carbocycles. The molecular formula is C9H17N3O. The minimum absolute atomic E-state index is 0.232. The Balaban J connectivity index is 1.91. The second kappa shape index (κ2) is 3.54. The van der Waals surface area contributed by atoms with Crippen LogP contribution in [-0.4, -0.2) is 48.1 Å². The van der Waals surface area contributed by atoms with Crippen molar-refractivity contribution >= 4 is 6.03 Å². The van der Waals surface area contributed by atoms with Crippen molar-refractivity contribution in [3.05, 3.63) is 0 Å². The van der Waals surface area contributed by atoms with Gasteiger partial charge in [-0.25, -0.2) is 4.79 Å². The lowest BCUT2D eigenvalue weighted by molar-refractivity contribution is 0.193. The van der Waals surface area contributed by atoms with Crippen LogP contribution in [0.15, 0.2) is 0 Å². The van der Waals surface area contributed by atoms with Gasteiger partial charge in [-0.3, -0.25) is 0 Å². The van der Waals surface area contributed by atoms with Gasteiger partial charge in [0.1, 0.15) is 0 Å².